The van der Waals surface area contributed by atoms with Gasteiger partial charge in [0.1, 0.15) is 0 Å². The van der Waals surface area contributed by atoms with E-state index in [-0.39, 0.29) is 24.0 Å². The maximum absolute atomic E-state index is 5.85. The van der Waals surface area contributed by atoms with Crippen LogP contribution in [-0.2, 0) is 13.0 Å². The van der Waals surface area contributed by atoms with Crippen molar-refractivity contribution in [3.05, 3.63) is 71.3 Å². The van der Waals surface area contributed by atoms with Crippen molar-refractivity contribution in [1.82, 2.24) is 5.32 Å². The largest absolute Gasteiger partial charge is 0.370 e. The molecule has 0 atom stereocenters. The second-order valence-corrected chi connectivity index (χ2v) is 4.85. The van der Waals surface area contributed by atoms with Crippen LogP contribution in [-0.4, -0.2) is 12.5 Å². The molecule has 2 aromatic rings. The summed E-state index contributed by atoms with van der Waals surface area (Å²) in [5, 5.41) is 3.14. The van der Waals surface area contributed by atoms with Crippen LogP contribution < -0.4 is 11.1 Å². The van der Waals surface area contributed by atoms with E-state index in [0.717, 1.165) is 13.0 Å². The van der Waals surface area contributed by atoms with Gasteiger partial charge in [-0.3, -0.25) is 0 Å². The predicted molar refractivity (Wildman–Crippen MR) is 100 cm³/mol. The monoisotopic (exact) mass is 395 g/mol. The molecule has 0 unspecified atom stereocenters. The van der Waals surface area contributed by atoms with Crippen LogP contribution in [0.2, 0.25) is 0 Å². The Morgan fingerprint density at radius 1 is 1.00 bits per heavy atom. The average molecular weight is 395 g/mol. The lowest BCUT2D eigenvalue weighted by Crippen LogP contribution is -2.33. The quantitative estimate of drug-likeness (QED) is 0.464. The molecule has 3 N–H and O–H groups in total. The number of rotatable bonds is 5. The smallest absolute Gasteiger partial charge is 0.188 e. The van der Waals surface area contributed by atoms with E-state index in [9.17, 15) is 0 Å². The molecule has 0 fully saturated rings. The van der Waals surface area contributed by atoms with Crippen molar-refractivity contribution in [3.63, 3.8) is 0 Å². The van der Waals surface area contributed by atoms with Crippen LogP contribution in [0.4, 0.5) is 0 Å². The Morgan fingerprint density at radius 2 is 1.67 bits per heavy atom. The molecule has 4 heteroatoms. The van der Waals surface area contributed by atoms with Gasteiger partial charge in [-0.1, -0.05) is 60.2 Å². The number of benzene rings is 2. The molecular formula is C17H22IN3. The summed E-state index contributed by atoms with van der Waals surface area (Å²) in [5.74, 6) is 0.501. The maximum Gasteiger partial charge on any atom is 0.188 e. The highest BCUT2D eigenvalue weighted by Crippen LogP contribution is 2.04. The van der Waals surface area contributed by atoms with E-state index in [0.29, 0.717) is 12.5 Å². The number of nitrogens with one attached hydrogen (secondary N) is 1. The molecule has 0 aliphatic heterocycles. The fourth-order valence-corrected chi connectivity index (χ4v) is 1.91. The predicted octanol–water partition coefficient (Wildman–Crippen LogP) is 3.26. The fourth-order valence-electron chi connectivity index (χ4n) is 1.91. The SMILES string of the molecule is Cc1ccc(CN=C(N)NCCc2ccccc2)cc1.I. The molecule has 2 rings (SSSR count). The number of guanidine groups is 1. The number of hydrogen-bond donors (Lipinski definition) is 2. The van der Waals surface area contributed by atoms with Crippen molar-refractivity contribution >= 4 is 29.9 Å². The zero-order valence-electron chi connectivity index (χ0n) is 12.3. The Bertz CT molecular complexity index is 550. The zero-order valence-corrected chi connectivity index (χ0v) is 14.6. The maximum atomic E-state index is 5.85. The number of nitrogens with zero attached hydrogens (tertiary/aromatic N) is 1. The molecule has 0 aromatic heterocycles. The van der Waals surface area contributed by atoms with E-state index in [4.69, 9.17) is 5.73 Å². The van der Waals surface area contributed by atoms with Gasteiger partial charge in [0.25, 0.3) is 0 Å². The van der Waals surface area contributed by atoms with Crippen molar-refractivity contribution in [2.24, 2.45) is 10.7 Å². The van der Waals surface area contributed by atoms with Gasteiger partial charge in [-0.05, 0) is 24.5 Å². The van der Waals surface area contributed by atoms with E-state index in [1.54, 1.807) is 0 Å². The second-order valence-electron chi connectivity index (χ2n) is 4.85. The van der Waals surface area contributed by atoms with Crippen LogP contribution in [0.25, 0.3) is 0 Å². The molecule has 0 heterocycles. The van der Waals surface area contributed by atoms with Crippen LogP contribution in [0.15, 0.2) is 59.6 Å². The van der Waals surface area contributed by atoms with Crippen molar-refractivity contribution < 1.29 is 0 Å². The van der Waals surface area contributed by atoms with E-state index in [2.05, 4.69) is 53.6 Å². The normalized spacial score (nSPS) is 10.8. The lowest BCUT2D eigenvalue weighted by atomic mass is 10.1. The minimum absolute atomic E-state index is 0. The third kappa shape index (κ3) is 6.62. The third-order valence-corrected chi connectivity index (χ3v) is 3.12. The van der Waals surface area contributed by atoms with Crippen molar-refractivity contribution in [2.75, 3.05) is 6.54 Å². The summed E-state index contributed by atoms with van der Waals surface area (Å²) < 4.78 is 0. The summed E-state index contributed by atoms with van der Waals surface area (Å²) in [7, 11) is 0. The summed E-state index contributed by atoms with van der Waals surface area (Å²) in [6, 6.07) is 18.7. The van der Waals surface area contributed by atoms with Crippen LogP contribution >= 0.6 is 24.0 Å². The minimum atomic E-state index is 0. The Morgan fingerprint density at radius 3 is 2.33 bits per heavy atom. The number of hydrogen-bond acceptors (Lipinski definition) is 1. The fraction of sp³-hybridized carbons (Fsp3) is 0.235. The highest BCUT2D eigenvalue weighted by Gasteiger charge is 1.95. The van der Waals surface area contributed by atoms with E-state index >= 15 is 0 Å². The van der Waals surface area contributed by atoms with Gasteiger partial charge in [0, 0.05) is 6.54 Å². The van der Waals surface area contributed by atoms with Crippen molar-refractivity contribution in [3.8, 4) is 0 Å². The molecule has 0 aliphatic rings. The minimum Gasteiger partial charge on any atom is -0.370 e. The number of nitrogens with two attached hydrogens (primary N) is 1. The lowest BCUT2D eigenvalue weighted by molar-refractivity contribution is 0.848. The van der Waals surface area contributed by atoms with E-state index in [1.165, 1.54) is 16.7 Å². The first-order chi connectivity index (χ1) is 9.74. The highest BCUT2D eigenvalue weighted by molar-refractivity contribution is 14.0. The van der Waals surface area contributed by atoms with Crippen LogP contribution in [0.1, 0.15) is 16.7 Å². The van der Waals surface area contributed by atoms with Crippen molar-refractivity contribution in [2.45, 2.75) is 19.9 Å². The molecule has 0 spiro atoms. The van der Waals surface area contributed by atoms with Gasteiger partial charge < -0.3 is 11.1 Å². The third-order valence-electron chi connectivity index (χ3n) is 3.12. The van der Waals surface area contributed by atoms with Crippen molar-refractivity contribution in [1.29, 1.82) is 0 Å². The van der Waals surface area contributed by atoms with Crippen LogP contribution in [0.3, 0.4) is 0 Å². The van der Waals surface area contributed by atoms with Gasteiger partial charge in [0.2, 0.25) is 0 Å². The van der Waals surface area contributed by atoms with Gasteiger partial charge in [0.05, 0.1) is 6.54 Å². The van der Waals surface area contributed by atoms with Gasteiger partial charge >= 0.3 is 0 Å². The summed E-state index contributed by atoms with van der Waals surface area (Å²) >= 11 is 0. The van der Waals surface area contributed by atoms with Gasteiger partial charge in [-0.2, -0.15) is 0 Å². The summed E-state index contributed by atoms with van der Waals surface area (Å²) in [6.07, 6.45) is 0.946. The number of aryl methyl sites for hydroxylation is 1. The average Bonchev–Trinajstić information content (AvgIpc) is 2.48. The Labute approximate surface area is 143 Å². The molecule has 0 radical (unpaired) electrons. The number of halogens is 1. The first kappa shape index (κ1) is 17.5. The molecule has 0 aliphatic carbocycles. The van der Waals surface area contributed by atoms with Gasteiger partial charge in [-0.15, -0.1) is 24.0 Å². The molecule has 0 saturated heterocycles. The second kappa shape index (κ2) is 9.39. The molecule has 112 valence electrons. The molecule has 21 heavy (non-hydrogen) atoms. The van der Waals surface area contributed by atoms with Gasteiger partial charge in [-0.25, -0.2) is 4.99 Å². The standard InChI is InChI=1S/C17H21N3.HI/c1-14-7-9-16(10-8-14)13-20-17(18)19-12-11-15-5-3-2-4-6-15;/h2-10H,11-13H2,1H3,(H3,18,19,20);1H. The van der Waals surface area contributed by atoms with Crippen LogP contribution in [0, 0.1) is 6.92 Å². The van der Waals surface area contributed by atoms with E-state index < -0.39 is 0 Å². The Kier molecular flexibility index (Phi) is 7.82. The first-order valence-electron chi connectivity index (χ1n) is 6.87. The van der Waals surface area contributed by atoms with E-state index in [1.807, 2.05) is 18.2 Å². The first-order valence-corrected chi connectivity index (χ1v) is 6.87. The summed E-state index contributed by atoms with van der Waals surface area (Å²) in [5.41, 5.74) is 9.58. The molecule has 0 amide bonds. The molecule has 2 aromatic carbocycles. The van der Waals surface area contributed by atoms with Crippen LogP contribution in [0.5, 0.6) is 0 Å². The molecular weight excluding hydrogens is 373 g/mol. The van der Waals surface area contributed by atoms with Gasteiger partial charge in [0.15, 0.2) is 5.96 Å². The molecule has 3 nitrogen and oxygen atoms in total. The number of aliphatic imine (C=N–C) groups is 1. The Hall–Kier alpha value is -1.56. The highest BCUT2D eigenvalue weighted by atomic mass is 127. The summed E-state index contributed by atoms with van der Waals surface area (Å²) in [6.45, 7) is 3.49. The zero-order chi connectivity index (χ0) is 14.2. The lowest BCUT2D eigenvalue weighted by Gasteiger charge is -2.06. The molecule has 0 saturated carbocycles. The topological polar surface area (TPSA) is 50.4 Å². The summed E-state index contributed by atoms with van der Waals surface area (Å²) in [4.78, 5) is 4.34. The Balaban J connectivity index is 0.00000220. The molecule has 0 bridgehead atoms.